The molecule has 3 nitrogen and oxygen atoms in total. The summed E-state index contributed by atoms with van der Waals surface area (Å²) in [6.07, 6.45) is 4.41. The number of hydrogen-bond donors (Lipinski definition) is 1. The van der Waals surface area contributed by atoms with Crippen LogP contribution >= 0.6 is 0 Å². The number of Topliss-reactive ketones (excluding diaryl/α,β-unsaturated/α-hetero) is 1. The number of carbonyl (C=O) groups is 2. The van der Waals surface area contributed by atoms with Crippen molar-refractivity contribution in [2.75, 3.05) is 0 Å². The highest BCUT2D eigenvalue weighted by molar-refractivity contribution is 5.82. The Bertz CT molecular complexity index is 441. The summed E-state index contributed by atoms with van der Waals surface area (Å²) in [6.45, 7) is 1.63. The van der Waals surface area contributed by atoms with E-state index in [1.807, 2.05) is 30.3 Å². The minimum Gasteiger partial charge on any atom is -0.352 e. The molecular formula is C16H21NO2. The van der Waals surface area contributed by atoms with Crippen LogP contribution < -0.4 is 5.32 Å². The maximum absolute atomic E-state index is 12.0. The zero-order valence-corrected chi connectivity index (χ0v) is 11.4. The number of hydrogen-bond acceptors (Lipinski definition) is 2. The Hall–Kier alpha value is -1.64. The van der Waals surface area contributed by atoms with Gasteiger partial charge in [-0.15, -0.1) is 0 Å². The Labute approximate surface area is 114 Å². The van der Waals surface area contributed by atoms with Crippen LogP contribution in [0.25, 0.3) is 0 Å². The Balaban J connectivity index is 1.92. The molecule has 1 fully saturated rings. The van der Waals surface area contributed by atoms with Gasteiger partial charge in [-0.2, -0.15) is 0 Å². The van der Waals surface area contributed by atoms with E-state index in [1.54, 1.807) is 6.92 Å². The lowest BCUT2D eigenvalue weighted by Crippen LogP contribution is -2.45. The third-order valence-corrected chi connectivity index (χ3v) is 3.84. The average Bonchev–Trinajstić information content (AvgIpc) is 2.40. The summed E-state index contributed by atoms with van der Waals surface area (Å²) in [5.41, 5.74) is 1.01. The SMILES string of the molecule is CC(=O)[C@@H]1CCCC[C@@H]1NC(=O)Cc1ccccc1. The first-order chi connectivity index (χ1) is 9.16. The quantitative estimate of drug-likeness (QED) is 0.903. The van der Waals surface area contributed by atoms with Crippen LogP contribution in [0.4, 0.5) is 0 Å². The average molecular weight is 259 g/mol. The first-order valence-corrected chi connectivity index (χ1v) is 7.00. The molecule has 1 N–H and O–H groups in total. The fourth-order valence-corrected chi connectivity index (χ4v) is 2.83. The molecule has 102 valence electrons. The van der Waals surface area contributed by atoms with Gasteiger partial charge < -0.3 is 5.32 Å². The minimum absolute atomic E-state index is 0.00785. The summed E-state index contributed by atoms with van der Waals surface area (Å²) in [7, 11) is 0. The number of benzene rings is 1. The van der Waals surface area contributed by atoms with E-state index in [4.69, 9.17) is 0 Å². The number of rotatable bonds is 4. The zero-order chi connectivity index (χ0) is 13.7. The number of nitrogens with one attached hydrogen (secondary N) is 1. The van der Waals surface area contributed by atoms with E-state index in [2.05, 4.69) is 5.32 Å². The van der Waals surface area contributed by atoms with Crippen molar-refractivity contribution < 1.29 is 9.59 Å². The Morgan fingerprint density at radius 2 is 1.84 bits per heavy atom. The van der Waals surface area contributed by atoms with Crippen LogP contribution in [0.15, 0.2) is 30.3 Å². The second-order valence-electron chi connectivity index (χ2n) is 5.34. The largest absolute Gasteiger partial charge is 0.352 e. The molecule has 0 bridgehead atoms. The molecule has 0 spiro atoms. The summed E-state index contributed by atoms with van der Waals surface area (Å²) in [6, 6.07) is 9.73. The fraction of sp³-hybridized carbons (Fsp3) is 0.500. The summed E-state index contributed by atoms with van der Waals surface area (Å²) in [5.74, 6) is 0.225. The highest BCUT2D eigenvalue weighted by Crippen LogP contribution is 2.25. The van der Waals surface area contributed by atoms with Crippen LogP contribution in [0.5, 0.6) is 0 Å². The van der Waals surface area contributed by atoms with E-state index in [9.17, 15) is 9.59 Å². The topological polar surface area (TPSA) is 46.2 Å². The number of carbonyl (C=O) groups excluding carboxylic acids is 2. The predicted molar refractivity (Wildman–Crippen MR) is 74.7 cm³/mol. The molecule has 0 radical (unpaired) electrons. The molecule has 0 unspecified atom stereocenters. The molecule has 1 saturated carbocycles. The van der Waals surface area contributed by atoms with Crippen molar-refractivity contribution in [2.45, 2.75) is 45.1 Å². The molecule has 0 saturated heterocycles. The molecule has 0 aromatic heterocycles. The standard InChI is InChI=1S/C16H21NO2/c1-12(18)14-9-5-6-10-15(14)17-16(19)11-13-7-3-2-4-8-13/h2-4,7-8,14-15H,5-6,9-11H2,1H3,(H,17,19)/t14-,15-/m0/s1. The van der Waals surface area contributed by atoms with E-state index >= 15 is 0 Å². The van der Waals surface area contributed by atoms with Crippen molar-refractivity contribution in [1.29, 1.82) is 0 Å². The van der Waals surface area contributed by atoms with Crippen molar-refractivity contribution in [3.05, 3.63) is 35.9 Å². The van der Waals surface area contributed by atoms with Gasteiger partial charge in [-0.05, 0) is 25.3 Å². The van der Waals surface area contributed by atoms with E-state index in [0.29, 0.717) is 6.42 Å². The van der Waals surface area contributed by atoms with E-state index < -0.39 is 0 Å². The van der Waals surface area contributed by atoms with Gasteiger partial charge in [0.2, 0.25) is 5.91 Å². The van der Waals surface area contributed by atoms with Gasteiger partial charge in [0.05, 0.1) is 6.42 Å². The monoisotopic (exact) mass is 259 g/mol. The lowest BCUT2D eigenvalue weighted by Gasteiger charge is -2.30. The van der Waals surface area contributed by atoms with Gasteiger partial charge >= 0.3 is 0 Å². The van der Waals surface area contributed by atoms with Crippen molar-refractivity contribution in [2.24, 2.45) is 5.92 Å². The van der Waals surface area contributed by atoms with Gasteiger partial charge in [0, 0.05) is 12.0 Å². The lowest BCUT2D eigenvalue weighted by molar-refractivity contribution is -0.125. The molecule has 3 heteroatoms. The summed E-state index contributed by atoms with van der Waals surface area (Å²) in [4.78, 5) is 23.6. The van der Waals surface area contributed by atoms with E-state index in [1.165, 1.54) is 0 Å². The molecule has 2 atom stereocenters. The number of amides is 1. The molecule has 1 aromatic rings. The second-order valence-corrected chi connectivity index (χ2v) is 5.34. The van der Waals surface area contributed by atoms with Gasteiger partial charge in [0.25, 0.3) is 0 Å². The molecule has 2 rings (SSSR count). The van der Waals surface area contributed by atoms with E-state index in [-0.39, 0.29) is 23.7 Å². The van der Waals surface area contributed by atoms with Gasteiger partial charge in [0.1, 0.15) is 5.78 Å². The smallest absolute Gasteiger partial charge is 0.224 e. The predicted octanol–water partition coefficient (Wildman–Crippen LogP) is 2.49. The van der Waals surface area contributed by atoms with Crippen LogP contribution in [0.3, 0.4) is 0 Å². The van der Waals surface area contributed by atoms with Crippen LogP contribution in [-0.2, 0) is 16.0 Å². The fourth-order valence-electron chi connectivity index (χ4n) is 2.83. The van der Waals surface area contributed by atoms with Crippen LogP contribution in [0.2, 0.25) is 0 Å². The molecule has 19 heavy (non-hydrogen) atoms. The van der Waals surface area contributed by atoms with Gasteiger partial charge in [-0.1, -0.05) is 43.2 Å². The summed E-state index contributed by atoms with van der Waals surface area (Å²) < 4.78 is 0. The third kappa shape index (κ3) is 3.91. The first kappa shape index (κ1) is 13.8. The molecule has 1 aliphatic carbocycles. The van der Waals surface area contributed by atoms with Crippen molar-refractivity contribution >= 4 is 11.7 Å². The van der Waals surface area contributed by atoms with E-state index in [0.717, 1.165) is 31.2 Å². The van der Waals surface area contributed by atoms with Crippen LogP contribution in [0, 0.1) is 5.92 Å². The van der Waals surface area contributed by atoms with Crippen LogP contribution in [-0.4, -0.2) is 17.7 Å². The van der Waals surface area contributed by atoms with Crippen LogP contribution in [0.1, 0.15) is 38.2 Å². The Morgan fingerprint density at radius 1 is 1.16 bits per heavy atom. The maximum atomic E-state index is 12.0. The molecule has 0 aliphatic heterocycles. The first-order valence-electron chi connectivity index (χ1n) is 7.00. The van der Waals surface area contributed by atoms with Crippen molar-refractivity contribution in [3.8, 4) is 0 Å². The zero-order valence-electron chi connectivity index (χ0n) is 11.4. The second kappa shape index (κ2) is 6.50. The highest BCUT2D eigenvalue weighted by Gasteiger charge is 2.29. The maximum Gasteiger partial charge on any atom is 0.224 e. The van der Waals surface area contributed by atoms with Gasteiger partial charge in [0.15, 0.2) is 0 Å². The lowest BCUT2D eigenvalue weighted by atomic mass is 9.82. The third-order valence-electron chi connectivity index (χ3n) is 3.84. The summed E-state index contributed by atoms with van der Waals surface area (Å²) >= 11 is 0. The Morgan fingerprint density at radius 3 is 2.53 bits per heavy atom. The van der Waals surface area contributed by atoms with Gasteiger partial charge in [-0.3, -0.25) is 9.59 Å². The minimum atomic E-state index is 0.00785. The Kier molecular flexibility index (Phi) is 4.72. The van der Waals surface area contributed by atoms with Crippen molar-refractivity contribution in [1.82, 2.24) is 5.32 Å². The molecular weight excluding hydrogens is 238 g/mol. The number of ketones is 1. The normalized spacial score (nSPS) is 22.8. The molecule has 0 heterocycles. The summed E-state index contributed by atoms with van der Waals surface area (Å²) in [5, 5.41) is 3.04. The highest BCUT2D eigenvalue weighted by atomic mass is 16.2. The molecule has 1 aliphatic rings. The van der Waals surface area contributed by atoms with Crippen molar-refractivity contribution in [3.63, 3.8) is 0 Å². The molecule has 1 aromatic carbocycles. The van der Waals surface area contributed by atoms with Gasteiger partial charge in [-0.25, -0.2) is 0 Å². The molecule has 1 amide bonds.